The number of ether oxygens (including phenoxy) is 1. The Kier molecular flexibility index (Phi) is 5.27. The van der Waals surface area contributed by atoms with E-state index in [9.17, 15) is 0 Å². The van der Waals surface area contributed by atoms with Crippen molar-refractivity contribution in [3.63, 3.8) is 0 Å². The molecule has 4 rings (SSSR count). The third-order valence-corrected chi connectivity index (χ3v) is 6.35. The van der Waals surface area contributed by atoms with E-state index in [0.29, 0.717) is 6.61 Å². The van der Waals surface area contributed by atoms with Gasteiger partial charge in [0.25, 0.3) is 0 Å². The van der Waals surface area contributed by atoms with E-state index in [0.717, 1.165) is 51.2 Å². The predicted octanol–water partition coefficient (Wildman–Crippen LogP) is 3.78. The highest BCUT2D eigenvalue weighted by Gasteiger charge is 2.19. The summed E-state index contributed by atoms with van der Waals surface area (Å²) in [6, 6.07) is 6.36. The molecule has 1 fully saturated rings. The number of likely N-dealkylation sites (N-methyl/N-ethyl adjacent to an activating group) is 1. The van der Waals surface area contributed by atoms with Crippen LogP contribution in [0.15, 0.2) is 24.3 Å². The summed E-state index contributed by atoms with van der Waals surface area (Å²) in [5, 5.41) is 1.17. The van der Waals surface area contributed by atoms with Crippen LogP contribution in [0.2, 0.25) is 0 Å². The predicted molar refractivity (Wildman–Crippen MR) is 110 cm³/mol. The summed E-state index contributed by atoms with van der Waals surface area (Å²) in [6.07, 6.45) is 7.50. The smallest absolute Gasteiger partial charge is 0.185 e. The first kappa shape index (κ1) is 17.6. The Morgan fingerprint density at radius 1 is 1.19 bits per heavy atom. The number of hydrogen-bond acceptors (Lipinski definition) is 5. The lowest BCUT2D eigenvalue weighted by atomic mass is 9.97. The maximum Gasteiger partial charge on any atom is 0.185 e. The number of hydrogen-bond donors (Lipinski definition) is 0. The van der Waals surface area contributed by atoms with E-state index in [2.05, 4.69) is 54.1 Å². The second-order valence-electron chi connectivity index (χ2n) is 7.15. The van der Waals surface area contributed by atoms with Crippen molar-refractivity contribution in [3.05, 3.63) is 46.0 Å². The Labute approximate surface area is 160 Å². The molecule has 1 aliphatic carbocycles. The average Bonchev–Trinajstić information content (AvgIpc) is 3.03. The monoisotopic (exact) mass is 369 g/mol. The Morgan fingerprint density at radius 2 is 2.04 bits per heavy atom. The van der Waals surface area contributed by atoms with Gasteiger partial charge in [0, 0.05) is 43.0 Å². The Balaban J connectivity index is 1.38. The van der Waals surface area contributed by atoms with Crippen LogP contribution in [0, 0.1) is 6.92 Å². The van der Waals surface area contributed by atoms with Gasteiger partial charge in [-0.25, -0.2) is 4.98 Å². The van der Waals surface area contributed by atoms with Crippen molar-refractivity contribution in [1.82, 2.24) is 9.88 Å². The molecule has 2 aromatic rings. The van der Waals surface area contributed by atoms with Crippen molar-refractivity contribution in [2.24, 2.45) is 0 Å². The standard InChI is InChI=1S/C21H27N3OS/c1-16-19(22-21(26-16)24-13-11-23(2)12-14-24)10-15-25-20-9-5-7-17-6-3-4-8-18(17)20/h3,5-7,9H,4,8,10-15H2,1-2H3. The zero-order chi connectivity index (χ0) is 17.9. The van der Waals surface area contributed by atoms with E-state index < -0.39 is 0 Å². The number of allylic oxidation sites excluding steroid dienone is 1. The van der Waals surface area contributed by atoms with Crippen LogP contribution < -0.4 is 9.64 Å². The first-order chi connectivity index (χ1) is 12.7. The fourth-order valence-electron chi connectivity index (χ4n) is 3.61. The lowest BCUT2D eigenvalue weighted by molar-refractivity contribution is 0.312. The van der Waals surface area contributed by atoms with E-state index >= 15 is 0 Å². The van der Waals surface area contributed by atoms with E-state index in [-0.39, 0.29) is 0 Å². The van der Waals surface area contributed by atoms with Crippen molar-refractivity contribution in [2.75, 3.05) is 44.7 Å². The van der Waals surface area contributed by atoms with Gasteiger partial charge in [-0.05, 0) is 38.4 Å². The number of anilines is 1. The molecule has 0 spiro atoms. The number of piperazine rings is 1. The number of aromatic nitrogens is 1. The molecule has 4 nitrogen and oxygen atoms in total. The molecule has 2 heterocycles. The fourth-order valence-corrected chi connectivity index (χ4v) is 4.62. The molecule has 0 radical (unpaired) electrons. The van der Waals surface area contributed by atoms with Crippen LogP contribution >= 0.6 is 11.3 Å². The van der Waals surface area contributed by atoms with Crippen molar-refractivity contribution in [2.45, 2.75) is 26.2 Å². The molecule has 0 unspecified atom stereocenters. The quantitative estimate of drug-likeness (QED) is 0.802. The van der Waals surface area contributed by atoms with Gasteiger partial charge in [-0.15, -0.1) is 11.3 Å². The SMILES string of the molecule is Cc1sc(N2CCN(C)CC2)nc1CCOc1cccc2c1CCC=C2. The molecule has 0 bridgehead atoms. The Hall–Kier alpha value is -1.85. The molecule has 5 heteroatoms. The van der Waals surface area contributed by atoms with Gasteiger partial charge in [0.05, 0.1) is 12.3 Å². The number of aryl methyl sites for hydroxylation is 1. The van der Waals surface area contributed by atoms with Gasteiger partial charge in [0.1, 0.15) is 5.75 Å². The first-order valence-electron chi connectivity index (χ1n) is 9.52. The molecule has 1 aliphatic heterocycles. The van der Waals surface area contributed by atoms with Gasteiger partial charge in [-0.2, -0.15) is 0 Å². The molecule has 0 N–H and O–H groups in total. The van der Waals surface area contributed by atoms with Crippen LogP contribution in [0.5, 0.6) is 5.75 Å². The summed E-state index contributed by atoms with van der Waals surface area (Å²) in [6.45, 7) is 7.25. The fraction of sp³-hybridized carbons (Fsp3) is 0.476. The van der Waals surface area contributed by atoms with Crippen molar-refractivity contribution in [1.29, 1.82) is 0 Å². The van der Waals surface area contributed by atoms with Gasteiger partial charge >= 0.3 is 0 Å². The van der Waals surface area contributed by atoms with Gasteiger partial charge in [-0.1, -0.05) is 24.3 Å². The molecule has 0 amide bonds. The molecule has 138 valence electrons. The summed E-state index contributed by atoms with van der Waals surface area (Å²) in [7, 11) is 2.19. The van der Waals surface area contributed by atoms with Crippen molar-refractivity contribution < 1.29 is 4.74 Å². The number of nitrogens with zero attached hydrogens (tertiary/aromatic N) is 3. The second-order valence-corrected chi connectivity index (χ2v) is 8.33. The third-order valence-electron chi connectivity index (χ3n) is 5.28. The molecule has 1 aromatic heterocycles. The first-order valence-corrected chi connectivity index (χ1v) is 10.3. The van der Waals surface area contributed by atoms with Crippen LogP contribution in [-0.4, -0.2) is 49.7 Å². The Morgan fingerprint density at radius 3 is 2.88 bits per heavy atom. The van der Waals surface area contributed by atoms with Crippen LogP contribution in [0.25, 0.3) is 6.08 Å². The zero-order valence-corrected chi connectivity index (χ0v) is 16.5. The molecule has 1 saturated heterocycles. The summed E-state index contributed by atoms with van der Waals surface area (Å²) in [4.78, 5) is 11.0. The van der Waals surface area contributed by atoms with Crippen LogP contribution in [0.4, 0.5) is 5.13 Å². The minimum absolute atomic E-state index is 0.687. The maximum atomic E-state index is 6.14. The summed E-state index contributed by atoms with van der Waals surface area (Å²) >= 11 is 1.82. The highest BCUT2D eigenvalue weighted by molar-refractivity contribution is 7.15. The van der Waals surface area contributed by atoms with Crippen LogP contribution in [0.3, 0.4) is 0 Å². The highest BCUT2D eigenvalue weighted by Crippen LogP contribution is 2.29. The van der Waals surface area contributed by atoms with Crippen LogP contribution in [0.1, 0.15) is 28.1 Å². The van der Waals surface area contributed by atoms with Gasteiger partial charge in [0.2, 0.25) is 0 Å². The normalized spacial score (nSPS) is 17.4. The second kappa shape index (κ2) is 7.80. The van der Waals surface area contributed by atoms with Gasteiger partial charge in [-0.3, -0.25) is 0 Å². The molecule has 0 saturated carbocycles. The largest absolute Gasteiger partial charge is 0.493 e. The molecular weight excluding hydrogens is 342 g/mol. The topological polar surface area (TPSA) is 28.6 Å². The minimum atomic E-state index is 0.687. The van der Waals surface area contributed by atoms with E-state index in [4.69, 9.17) is 9.72 Å². The van der Waals surface area contributed by atoms with Crippen LogP contribution in [-0.2, 0) is 12.8 Å². The minimum Gasteiger partial charge on any atom is -0.493 e. The highest BCUT2D eigenvalue weighted by atomic mass is 32.1. The molecular formula is C21H27N3OS. The summed E-state index contributed by atoms with van der Waals surface area (Å²) < 4.78 is 6.14. The maximum absolute atomic E-state index is 6.14. The lowest BCUT2D eigenvalue weighted by Crippen LogP contribution is -2.44. The van der Waals surface area contributed by atoms with E-state index in [1.54, 1.807) is 0 Å². The zero-order valence-electron chi connectivity index (χ0n) is 15.7. The average molecular weight is 370 g/mol. The number of benzene rings is 1. The molecule has 0 atom stereocenters. The molecule has 2 aliphatic rings. The molecule has 1 aromatic carbocycles. The van der Waals surface area contributed by atoms with Gasteiger partial charge < -0.3 is 14.5 Å². The lowest BCUT2D eigenvalue weighted by Gasteiger charge is -2.32. The van der Waals surface area contributed by atoms with E-state index in [1.165, 1.54) is 26.8 Å². The van der Waals surface area contributed by atoms with Gasteiger partial charge in [0.15, 0.2) is 5.13 Å². The number of fused-ring (bicyclic) bond motifs is 1. The summed E-state index contributed by atoms with van der Waals surface area (Å²) in [5.74, 6) is 1.04. The number of thiazole rings is 1. The van der Waals surface area contributed by atoms with Crippen molar-refractivity contribution >= 4 is 22.5 Å². The third kappa shape index (κ3) is 3.79. The van der Waals surface area contributed by atoms with Crippen molar-refractivity contribution in [3.8, 4) is 5.75 Å². The summed E-state index contributed by atoms with van der Waals surface area (Å²) in [5.41, 5.74) is 3.84. The Bertz CT molecular complexity index is 791. The van der Waals surface area contributed by atoms with E-state index in [1.807, 2.05) is 11.3 Å². The molecule has 26 heavy (non-hydrogen) atoms. The number of rotatable bonds is 5.